The van der Waals surface area contributed by atoms with E-state index in [9.17, 15) is 9.59 Å². The van der Waals surface area contributed by atoms with E-state index in [1.54, 1.807) is 0 Å². The highest BCUT2D eigenvalue weighted by atomic mass is 16.5. The van der Waals surface area contributed by atoms with Crippen LogP contribution < -0.4 is 5.32 Å². The van der Waals surface area contributed by atoms with Crippen LogP contribution in [0.1, 0.15) is 77.6 Å². The minimum atomic E-state index is -0.455. The molecule has 0 rings (SSSR count). The number of nitrogens with one attached hydrogen (secondary N) is 1. The minimum Gasteiger partial charge on any atom is -0.461 e. The summed E-state index contributed by atoms with van der Waals surface area (Å²) in [5.41, 5.74) is 0. The summed E-state index contributed by atoms with van der Waals surface area (Å²) in [6, 6.07) is 0. The van der Waals surface area contributed by atoms with Crippen LogP contribution >= 0.6 is 0 Å². The van der Waals surface area contributed by atoms with Gasteiger partial charge >= 0.3 is 5.97 Å². The fourth-order valence-corrected chi connectivity index (χ4v) is 2.26. The zero-order valence-corrected chi connectivity index (χ0v) is 14.2. The third kappa shape index (κ3) is 15.1. The summed E-state index contributed by atoms with van der Waals surface area (Å²) in [5, 5.41) is 2.74. The number of hydrogen-bond donors (Lipinski definition) is 1. The summed E-state index contributed by atoms with van der Waals surface area (Å²) in [7, 11) is 0. The van der Waals surface area contributed by atoms with Gasteiger partial charge in [0.2, 0.25) is 5.91 Å². The van der Waals surface area contributed by atoms with E-state index in [4.69, 9.17) is 4.74 Å². The van der Waals surface area contributed by atoms with Crippen molar-refractivity contribution in [1.82, 2.24) is 5.32 Å². The Balaban J connectivity index is 3.21. The number of unbranched alkanes of at least 4 members (excludes halogenated alkanes) is 9. The maximum atomic E-state index is 11.5. The second-order valence-corrected chi connectivity index (χ2v) is 5.65. The zero-order valence-electron chi connectivity index (χ0n) is 14.2. The van der Waals surface area contributed by atoms with Gasteiger partial charge in [-0.15, -0.1) is 0 Å². The molecule has 0 unspecified atom stereocenters. The highest BCUT2D eigenvalue weighted by Gasteiger charge is 2.01. The molecule has 0 bridgehead atoms. The minimum absolute atomic E-state index is 0.0363. The smallest absolute Gasteiger partial charge is 0.330 e. The van der Waals surface area contributed by atoms with Gasteiger partial charge in [-0.05, 0) is 6.42 Å². The van der Waals surface area contributed by atoms with Crippen molar-refractivity contribution < 1.29 is 14.3 Å². The summed E-state index contributed by atoms with van der Waals surface area (Å²) in [4.78, 5) is 22.3. The fraction of sp³-hybridized carbons (Fsp3) is 0.778. The van der Waals surface area contributed by atoms with Crippen molar-refractivity contribution in [3.63, 3.8) is 0 Å². The summed E-state index contributed by atoms with van der Waals surface area (Å²) >= 11 is 0. The van der Waals surface area contributed by atoms with Crippen molar-refractivity contribution >= 4 is 11.9 Å². The second kappa shape index (κ2) is 16.1. The predicted molar refractivity (Wildman–Crippen MR) is 90.6 cm³/mol. The van der Waals surface area contributed by atoms with Gasteiger partial charge in [0.1, 0.15) is 6.61 Å². The molecule has 0 aromatic carbocycles. The van der Waals surface area contributed by atoms with Crippen molar-refractivity contribution in [3.05, 3.63) is 12.7 Å². The van der Waals surface area contributed by atoms with Gasteiger partial charge in [0.05, 0.1) is 6.54 Å². The van der Waals surface area contributed by atoms with Gasteiger partial charge in [0, 0.05) is 12.5 Å². The van der Waals surface area contributed by atoms with Crippen LogP contribution in [0.15, 0.2) is 12.7 Å². The van der Waals surface area contributed by atoms with Gasteiger partial charge in [0.25, 0.3) is 0 Å². The molecule has 22 heavy (non-hydrogen) atoms. The van der Waals surface area contributed by atoms with E-state index in [-0.39, 0.29) is 12.5 Å². The fourth-order valence-electron chi connectivity index (χ4n) is 2.26. The molecule has 0 fully saturated rings. The molecule has 0 aromatic heterocycles. The van der Waals surface area contributed by atoms with E-state index >= 15 is 0 Å². The lowest BCUT2D eigenvalue weighted by Crippen LogP contribution is -2.27. The first-order chi connectivity index (χ1) is 10.7. The molecule has 0 saturated heterocycles. The third-order valence-corrected chi connectivity index (χ3v) is 3.59. The van der Waals surface area contributed by atoms with Crippen molar-refractivity contribution in [1.29, 1.82) is 0 Å². The van der Waals surface area contributed by atoms with Crippen molar-refractivity contribution in [3.8, 4) is 0 Å². The average Bonchev–Trinajstić information content (AvgIpc) is 2.53. The van der Waals surface area contributed by atoms with Crippen LogP contribution in [0.3, 0.4) is 0 Å². The topological polar surface area (TPSA) is 55.4 Å². The lowest BCUT2D eigenvalue weighted by molar-refractivity contribution is -0.138. The molecule has 0 radical (unpaired) electrons. The number of esters is 1. The van der Waals surface area contributed by atoms with Crippen LogP contribution in [-0.4, -0.2) is 25.0 Å². The van der Waals surface area contributed by atoms with E-state index in [2.05, 4.69) is 18.8 Å². The summed E-state index contributed by atoms with van der Waals surface area (Å²) in [5.74, 6) is -0.418. The molecule has 1 amide bonds. The van der Waals surface area contributed by atoms with Gasteiger partial charge in [0.15, 0.2) is 0 Å². The molecule has 0 aliphatic heterocycles. The van der Waals surface area contributed by atoms with Crippen LogP contribution in [0.25, 0.3) is 0 Å². The van der Waals surface area contributed by atoms with E-state index in [1.807, 2.05) is 0 Å². The molecular formula is C18H33NO3. The zero-order chi connectivity index (χ0) is 16.5. The third-order valence-electron chi connectivity index (χ3n) is 3.59. The molecule has 4 heteroatoms. The van der Waals surface area contributed by atoms with Crippen LogP contribution in [0.2, 0.25) is 0 Å². The Hall–Kier alpha value is -1.32. The number of hydrogen-bond acceptors (Lipinski definition) is 3. The standard InChI is InChI=1S/C18H33NO3/c1-3-5-6-7-8-9-10-11-12-13-14-17(20)19-15-16-22-18(21)4-2/h4H,2-3,5-16H2,1H3,(H,19,20). The van der Waals surface area contributed by atoms with Crippen molar-refractivity contribution in [2.45, 2.75) is 77.6 Å². The Labute approximate surface area is 135 Å². The van der Waals surface area contributed by atoms with Crippen molar-refractivity contribution in [2.24, 2.45) is 0 Å². The molecule has 1 N–H and O–H groups in total. The maximum absolute atomic E-state index is 11.5. The van der Waals surface area contributed by atoms with Gasteiger partial charge in [-0.2, -0.15) is 0 Å². The number of amides is 1. The van der Waals surface area contributed by atoms with Gasteiger partial charge in [-0.1, -0.05) is 71.3 Å². The first-order valence-electron chi connectivity index (χ1n) is 8.76. The Morgan fingerprint density at radius 1 is 0.955 bits per heavy atom. The maximum Gasteiger partial charge on any atom is 0.330 e. The van der Waals surface area contributed by atoms with E-state index < -0.39 is 5.97 Å². The molecular weight excluding hydrogens is 278 g/mol. The Morgan fingerprint density at radius 3 is 2.05 bits per heavy atom. The van der Waals surface area contributed by atoms with Crippen LogP contribution in [0.5, 0.6) is 0 Å². The van der Waals surface area contributed by atoms with Gasteiger partial charge in [-0.25, -0.2) is 4.79 Å². The lowest BCUT2D eigenvalue weighted by Gasteiger charge is -2.05. The summed E-state index contributed by atoms with van der Waals surface area (Å²) in [6.07, 6.45) is 14.3. The molecule has 0 spiro atoms. The highest BCUT2D eigenvalue weighted by molar-refractivity contribution is 5.81. The largest absolute Gasteiger partial charge is 0.461 e. The first kappa shape index (κ1) is 20.7. The van der Waals surface area contributed by atoms with Gasteiger partial charge in [-0.3, -0.25) is 4.79 Å². The normalized spacial score (nSPS) is 10.2. The Morgan fingerprint density at radius 2 is 1.50 bits per heavy atom. The molecule has 0 atom stereocenters. The lowest BCUT2D eigenvalue weighted by atomic mass is 10.1. The number of rotatable bonds is 15. The number of ether oxygens (including phenoxy) is 1. The van der Waals surface area contributed by atoms with Gasteiger partial charge < -0.3 is 10.1 Å². The molecule has 0 aromatic rings. The molecule has 0 heterocycles. The Bertz CT molecular complexity index is 303. The molecule has 0 saturated carbocycles. The van der Waals surface area contributed by atoms with Crippen LogP contribution in [0, 0.1) is 0 Å². The van der Waals surface area contributed by atoms with Crippen LogP contribution in [0.4, 0.5) is 0 Å². The van der Waals surface area contributed by atoms with E-state index in [0.29, 0.717) is 13.0 Å². The van der Waals surface area contributed by atoms with Crippen molar-refractivity contribution in [2.75, 3.05) is 13.2 Å². The Kier molecular flexibility index (Phi) is 15.1. The average molecular weight is 311 g/mol. The summed E-state index contributed by atoms with van der Waals surface area (Å²) < 4.78 is 4.77. The second-order valence-electron chi connectivity index (χ2n) is 5.65. The quantitative estimate of drug-likeness (QED) is 0.281. The molecule has 0 aliphatic rings. The summed E-state index contributed by atoms with van der Waals surface area (Å²) in [6.45, 7) is 6.12. The predicted octanol–water partition coefficient (Wildman–Crippen LogP) is 4.14. The van der Waals surface area contributed by atoms with E-state index in [1.165, 1.54) is 51.4 Å². The van der Waals surface area contributed by atoms with E-state index in [0.717, 1.165) is 18.9 Å². The molecule has 4 nitrogen and oxygen atoms in total. The first-order valence-corrected chi connectivity index (χ1v) is 8.76. The van der Waals surface area contributed by atoms with Crippen LogP contribution in [-0.2, 0) is 14.3 Å². The molecule has 128 valence electrons. The number of carbonyl (C=O) groups is 2. The SMILES string of the molecule is C=CC(=O)OCCNC(=O)CCCCCCCCCCCC. The molecule has 0 aliphatic carbocycles. The number of carbonyl (C=O) groups excluding carboxylic acids is 2. The monoisotopic (exact) mass is 311 g/mol. The highest BCUT2D eigenvalue weighted by Crippen LogP contribution is 2.11.